The van der Waals surface area contributed by atoms with Crippen molar-refractivity contribution in [1.82, 2.24) is 10.6 Å². The predicted octanol–water partition coefficient (Wildman–Crippen LogP) is 0.980. The molecule has 0 spiro atoms. The number of benzene rings is 1. The van der Waals surface area contributed by atoms with Crippen LogP contribution in [0.2, 0.25) is 0 Å². The molecule has 0 fully saturated rings. The highest BCUT2D eigenvalue weighted by Gasteiger charge is 2.14. The van der Waals surface area contributed by atoms with Gasteiger partial charge in [-0.05, 0) is 38.3 Å². The number of aliphatic hydroxyl groups is 1. The molecule has 0 radical (unpaired) electrons. The fourth-order valence-electron chi connectivity index (χ4n) is 1.50. The molecule has 1 aromatic carbocycles. The number of hydrogen-bond acceptors (Lipinski definition) is 6. The van der Waals surface area contributed by atoms with E-state index in [1.165, 1.54) is 30.5 Å². The van der Waals surface area contributed by atoms with Crippen LogP contribution in [0.5, 0.6) is 11.5 Å². The zero-order chi connectivity index (χ0) is 16.7. The third-order valence-electron chi connectivity index (χ3n) is 2.82. The fraction of sp³-hybridized carbons (Fsp3) is 0.333. The molecule has 7 nitrogen and oxygen atoms in total. The number of amidine groups is 1. The summed E-state index contributed by atoms with van der Waals surface area (Å²) in [5.41, 5.74) is 0.149. The monoisotopic (exact) mass is 307 g/mol. The van der Waals surface area contributed by atoms with Gasteiger partial charge >= 0.3 is 0 Å². The van der Waals surface area contributed by atoms with E-state index in [0.717, 1.165) is 0 Å². The summed E-state index contributed by atoms with van der Waals surface area (Å²) >= 11 is 0. The Labute approximate surface area is 129 Å². The van der Waals surface area contributed by atoms with Gasteiger partial charge in [-0.25, -0.2) is 0 Å². The number of phenolic OH excluding ortho intramolecular Hbond substituents is 1. The van der Waals surface area contributed by atoms with Gasteiger partial charge in [0.15, 0.2) is 0 Å². The van der Waals surface area contributed by atoms with Gasteiger partial charge in [0.05, 0.1) is 6.10 Å². The second-order valence-electron chi connectivity index (χ2n) is 4.77. The number of carbonyl (C=O) groups excluding carboxylic acids is 1. The van der Waals surface area contributed by atoms with Crippen LogP contribution in [-0.2, 0) is 0 Å². The highest BCUT2D eigenvalue weighted by atomic mass is 16.5. The lowest BCUT2D eigenvalue weighted by molar-refractivity contribution is 0.0602. The average molecular weight is 307 g/mol. The molecule has 0 aliphatic carbocycles. The molecule has 1 rings (SSSR count). The molecule has 0 heterocycles. The Balaban J connectivity index is 2.86. The van der Waals surface area contributed by atoms with Crippen molar-refractivity contribution >= 4 is 11.7 Å². The Morgan fingerprint density at radius 2 is 2.05 bits per heavy atom. The van der Waals surface area contributed by atoms with Crippen molar-refractivity contribution in [2.24, 2.45) is 0 Å². The van der Waals surface area contributed by atoms with Crippen molar-refractivity contribution in [3.63, 3.8) is 0 Å². The minimum atomic E-state index is -0.695. The molecule has 2 atom stereocenters. The first-order valence-electron chi connectivity index (χ1n) is 6.76. The number of aliphatic hydroxyl groups excluding tert-OH is 1. The van der Waals surface area contributed by atoms with Crippen LogP contribution in [0.3, 0.4) is 0 Å². The zero-order valence-corrected chi connectivity index (χ0v) is 12.8. The van der Waals surface area contributed by atoms with Crippen LogP contribution in [-0.4, -0.2) is 41.2 Å². The number of aromatic hydroxyl groups is 1. The fourth-order valence-corrected chi connectivity index (χ4v) is 1.50. The van der Waals surface area contributed by atoms with Crippen molar-refractivity contribution in [1.29, 1.82) is 5.41 Å². The molecule has 5 N–H and O–H groups in total. The second kappa shape index (κ2) is 8.04. The standard InChI is InChI=1S/C15H21N3O4/c1-9(19)10(2)22-13-7-11(6-12(20)8-13)15(21)18-14(16)4-5-17-3/h4-10,17,19-20H,1-3H3,(H2,16,18,21)/b5-4-/t9?,10-/m0/s1. The average Bonchev–Trinajstić information content (AvgIpc) is 2.44. The number of ether oxygens (including phenoxy) is 1. The first-order chi connectivity index (χ1) is 10.3. The Bertz CT molecular complexity index is 570. The van der Waals surface area contributed by atoms with Gasteiger partial charge in [-0.1, -0.05) is 0 Å². The lowest BCUT2D eigenvalue weighted by atomic mass is 10.1. The molecule has 1 unspecified atom stereocenters. The van der Waals surface area contributed by atoms with Crippen LogP contribution >= 0.6 is 0 Å². The van der Waals surface area contributed by atoms with Gasteiger partial charge in [0.1, 0.15) is 23.4 Å². The van der Waals surface area contributed by atoms with E-state index in [1.54, 1.807) is 20.9 Å². The summed E-state index contributed by atoms with van der Waals surface area (Å²) < 4.78 is 5.45. The maximum atomic E-state index is 12.0. The topological polar surface area (TPSA) is 115 Å². The van der Waals surface area contributed by atoms with E-state index >= 15 is 0 Å². The van der Waals surface area contributed by atoms with Gasteiger partial charge in [-0.15, -0.1) is 0 Å². The van der Waals surface area contributed by atoms with Crippen LogP contribution in [0, 0.1) is 5.41 Å². The normalized spacial score (nSPS) is 13.5. The van der Waals surface area contributed by atoms with Gasteiger partial charge < -0.3 is 25.6 Å². The third kappa shape index (κ3) is 5.45. The highest BCUT2D eigenvalue weighted by molar-refractivity contribution is 6.09. The van der Waals surface area contributed by atoms with Crippen molar-refractivity contribution in [3.8, 4) is 11.5 Å². The second-order valence-corrected chi connectivity index (χ2v) is 4.77. The molecule has 0 saturated heterocycles. The largest absolute Gasteiger partial charge is 0.508 e. The maximum Gasteiger partial charge on any atom is 0.257 e. The van der Waals surface area contributed by atoms with Crippen molar-refractivity contribution in [3.05, 3.63) is 36.0 Å². The third-order valence-corrected chi connectivity index (χ3v) is 2.82. The number of nitrogens with one attached hydrogen (secondary N) is 3. The van der Waals surface area contributed by atoms with Gasteiger partial charge in [-0.2, -0.15) is 0 Å². The molecule has 120 valence electrons. The Morgan fingerprint density at radius 3 is 2.64 bits per heavy atom. The van der Waals surface area contributed by atoms with E-state index in [2.05, 4.69) is 10.6 Å². The zero-order valence-electron chi connectivity index (χ0n) is 12.8. The van der Waals surface area contributed by atoms with Crippen molar-refractivity contribution in [2.75, 3.05) is 7.05 Å². The van der Waals surface area contributed by atoms with Crippen molar-refractivity contribution in [2.45, 2.75) is 26.1 Å². The van der Waals surface area contributed by atoms with Gasteiger partial charge in [-0.3, -0.25) is 10.2 Å². The summed E-state index contributed by atoms with van der Waals surface area (Å²) in [4.78, 5) is 12.0. The molecular formula is C15H21N3O4. The molecule has 0 saturated carbocycles. The number of carbonyl (C=O) groups is 1. The van der Waals surface area contributed by atoms with E-state index in [4.69, 9.17) is 10.1 Å². The summed E-state index contributed by atoms with van der Waals surface area (Å²) in [6.07, 6.45) is 1.70. The molecular weight excluding hydrogens is 286 g/mol. The highest BCUT2D eigenvalue weighted by Crippen LogP contribution is 2.23. The predicted molar refractivity (Wildman–Crippen MR) is 83.3 cm³/mol. The minimum Gasteiger partial charge on any atom is -0.508 e. The van der Waals surface area contributed by atoms with Crippen LogP contribution in [0.15, 0.2) is 30.5 Å². The smallest absolute Gasteiger partial charge is 0.257 e. The number of phenols is 1. The first kappa shape index (κ1) is 17.5. The van der Waals surface area contributed by atoms with E-state index in [1.807, 2.05) is 0 Å². The summed E-state index contributed by atoms with van der Waals surface area (Å²) in [5, 5.41) is 31.7. The van der Waals surface area contributed by atoms with Crippen LogP contribution < -0.4 is 15.4 Å². The molecule has 1 aromatic rings. The summed E-state index contributed by atoms with van der Waals surface area (Å²) in [6, 6.07) is 4.05. The Kier molecular flexibility index (Phi) is 6.40. The molecule has 22 heavy (non-hydrogen) atoms. The lowest BCUT2D eigenvalue weighted by Crippen LogP contribution is -2.29. The molecule has 1 amide bonds. The van der Waals surface area contributed by atoms with Gasteiger partial charge in [0.25, 0.3) is 5.91 Å². The molecule has 0 aliphatic rings. The Morgan fingerprint density at radius 1 is 1.36 bits per heavy atom. The number of hydrogen-bond donors (Lipinski definition) is 5. The van der Waals surface area contributed by atoms with Gasteiger partial charge in [0, 0.05) is 18.7 Å². The first-order valence-corrected chi connectivity index (χ1v) is 6.76. The maximum absolute atomic E-state index is 12.0. The number of rotatable bonds is 6. The van der Waals surface area contributed by atoms with Crippen LogP contribution in [0.25, 0.3) is 0 Å². The molecule has 0 aliphatic heterocycles. The summed E-state index contributed by atoms with van der Waals surface area (Å²) in [5.74, 6) is -0.521. The van der Waals surface area contributed by atoms with Gasteiger partial charge in [0.2, 0.25) is 0 Å². The lowest BCUT2D eigenvalue weighted by Gasteiger charge is -2.17. The molecule has 0 bridgehead atoms. The van der Waals surface area contributed by atoms with E-state index in [9.17, 15) is 15.0 Å². The molecule has 0 aromatic heterocycles. The van der Waals surface area contributed by atoms with Crippen molar-refractivity contribution < 1.29 is 19.7 Å². The quantitative estimate of drug-likeness (QED) is 0.397. The summed E-state index contributed by atoms with van der Waals surface area (Å²) in [6.45, 7) is 3.25. The van der Waals surface area contributed by atoms with E-state index < -0.39 is 18.1 Å². The SMILES string of the molecule is CN/C=C\C(=N)NC(=O)c1cc(O)cc(O[C@@H](C)C(C)O)c1. The van der Waals surface area contributed by atoms with E-state index in [-0.39, 0.29) is 22.9 Å². The van der Waals surface area contributed by atoms with Crippen LogP contribution in [0.4, 0.5) is 0 Å². The number of amides is 1. The van der Waals surface area contributed by atoms with Crippen LogP contribution in [0.1, 0.15) is 24.2 Å². The van der Waals surface area contributed by atoms with E-state index in [0.29, 0.717) is 0 Å². The molecule has 7 heteroatoms. The Hall–Kier alpha value is -2.54. The summed E-state index contributed by atoms with van der Waals surface area (Å²) in [7, 11) is 1.67. The minimum absolute atomic E-state index is 0.0949.